The van der Waals surface area contributed by atoms with Gasteiger partial charge < -0.3 is 10.4 Å². The summed E-state index contributed by atoms with van der Waals surface area (Å²) in [6.07, 6.45) is -0.260. The fourth-order valence-corrected chi connectivity index (χ4v) is 2.37. The largest absolute Gasteiger partial charge is 0.481 e. The van der Waals surface area contributed by atoms with Crippen LogP contribution in [-0.4, -0.2) is 38.5 Å². The molecule has 27 heavy (non-hydrogen) atoms. The zero-order valence-electron chi connectivity index (χ0n) is 14.4. The van der Waals surface area contributed by atoms with Crippen LogP contribution in [0.1, 0.15) is 48.2 Å². The molecule has 2 rings (SSSR count). The van der Waals surface area contributed by atoms with Gasteiger partial charge in [-0.25, -0.2) is 4.68 Å². The lowest BCUT2D eigenvalue weighted by Crippen LogP contribution is -2.24. The highest BCUT2D eigenvalue weighted by atomic mass is 19.4. The first-order chi connectivity index (χ1) is 12.8. The molecule has 0 aliphatic heterocycles. The summed E-state index contributed by atoms with van der Waals surface area (Å²) < 4.78 is 39.4. The minimum absolute atomic E-state index is 0.00158. The van der Waals surface area contributed by atoms with E-state index in [4.69, 9.17) is 5.11 Å². The first-order valence-electron chi connectivity index (χ1n) is 8.37. The normalized spacial score (nSPS) is 11.4. The lowest BCUT2D eigenvalue weighted by Gasteiger charge is -2.08. The van der Waals surface area contributed by atoms with Crippen molar-refractivity contribution in [3.8, 4) is 5.69 Å². The maximum Gasteiger partial charge on any atom is 0.416 e. The van der Waals surface area contributed by atoms with E-state index in [-0.39, 0.29) is 17.8 Å². The second-order valence-corrected chi connectivity index (χ2v) is 5.91. The van der Waals surface area contributed by atoms with Crippen molar-refractivity contribution in [2.24, 2.45) is 0 Å². The molecule has 0 radical (unpaired) electrons. The second-order valence-electron chi connectivity index (χ2n) is 5.91. The Morgan fingerprint density at radius 1 is 1.15 bits per heavy atom. The van der Waals surface area contributed by atoms with Crippen LogP contribution in [-0.2, 0) is 11.0 Å². The van der Waals surface area contributed by atoms with Gasteiger partial charge in [0.25, 0.3) is 5.91 Å². The Hall–Kier alpha value is -2.91. The van der Waals surface area contributed by atoms with E-state index in [1.54, 1.807) is 0 Å². The summed E-state index contributed by atoms with van der Waals surface area (Å²) in [5.74, 6) is -1.30. The van der Waals surface area contributed by atoms with Crippen LogP contribution in [0, 0.1) is 0 Å². The van der Waals surface area contributed by atoms with Gasteiger partial charge in [0, 0.05) is 13.0 Å². The average Bonchev–Trinajstić information content (AvgIpc) is 3.10. The van der Waals surface area contributed by atoms with Crippen LogP contribution < -0.4 is 5.32 Å². The highest BCUT2D eigenvalue weighted by Gasteiger charge is 2.30. The molecule has 1 aromatic heterocycles. The van der Waals surface area contributed by atoms with Gasteiger partial charge in [0.15, 0.2) is 5.69 Å². The van der Waals surface area contributed by atoms with Crippen molar-refractivity contribution >= 4 is 11.9 Å². The van der Waals surface area contributed by atoms with E-state index in [1.165, 1.54) is 18.3 Å². The number of unbranched alkanes of at least 4 members (excludes halogenated alkanes) is 3. The van der Waals surface area contributed by atoms with Crippen LogP contribution in [0.25, 0.3) is 5.69 Å². The van der Waals surface area contributed by atoms with Gasteiger partial charge in [-0.1, -0.05) is 24.1 Å². The van der Waals surface area contributed by atoms with Gasteiger partial charge in [-0.2, -0.15) is 13.2 Å². The Morgan fingerprint density at radius 3 is 2.59 bits per heavy atom. The molecule has 0 unspecified atom stereocenters. The molecule has 1 amide bonds. The van der Waals surface area contributed by atoms with E-state index in [0.29, 0.717) is 19.4 Å². The van der Waals surface area contributed by atoms with Crippen LogP contribution >= 0.6 is 0 Å². The predicted molar refractivity (Wildman–Crippen MR) is 89.4 cm³/mol. The molecule has 146 valence electrons. The van der Waals surface area contributed by atoms with Gasteiger partial charge in [0.1, 0.15) is 0 Å². The Morgan fingerprint density at radius 2 is 1.89 bits per heavy atom. The van der Waals surface area contributed by atoms with Crippen molar-refractivity contribution in [3.63, 3.8) is 0 Å². The smallest absolute Gasteiger partial charge is 0.416 e. The predicted octanol–water partition coefficient (Wildman–Crippen LogP) is 3.05. The molecule has 0 aliphatic carbocycles. The van der Waals surface area contributed by atoms with Crippen LogP contribution in [0.15, 0.2) is 30.5 Å². The molecule has 1 heterocycles. The molecule has 0 bridgehead atoms. The molecule has 0 aliphatic rings. The molecule has 10 heteroatoms. The van der Waals surface area contributed by atoms with Crippen LogP contribution in [0.2, 0.25) is 0 Å². The van der Waals surface area contributed by atoms with Gasteiger partial charge in [-0.15, -0.1) is 5.10 Å². The number of carbonyl (C=O) groups excluding carboxylic acids is 1. The summed E-state index contributed by atoms with van der Waals surface area (Å²) in [4.78, 5) is 22.4. The number of aromatic nitrogens is 3. The summed E-state index contributed by atoms with van der Waals surface area (Å²) in [5, 5.41) is 18.6. The molecule has 2 aromatic rings. The number of hydrogen-bond acceptors (Lipinski definition) is 4. The number of nitrogens with one attached hydrogen (secondary N) is 1. The molecular formula is C17H19F3N4O3. The number of amides is 1. The number of carbonyl (C=O) groups is 2. The first kappa shape index (κ1) is 20.4. The highest BCUT2D eigenvalue weighted by molar-refractivity contribution is 5.91. The number of alkyl halides is 3. The van der Waals surface area contributed by atoms with E-state index >= 15 is 0 Å². The van der Waals surface area contributed by atoms with E-state index in [9.17, 15) is 22.8 Å². The third kappa shape index (κ3) is 6.39. The van der Waals surface area contributed by atoms with E-state index in [0.717, 1.165) is 29.7 Å². The fourth-order valence-electron chi connectivity index (χ4n) is 2.37. The number of carboxylic acid groups (broad SMARTS) is 1. The lowest BCUT2D eigenvalue weighted by atomic mass is 10.1. The molecule has 2 N–H and O–H groups in total. The molecule has 0 spiro atoms. The van der Waals surface area contributed by atoms with Crippen molar-refractivity contribution in [2.45, 2.75) is 38.3 Å². The summed E-state index contributed by atoms with van der Waals surface area (Å²) >= 11 is 0. The maximum atomic E-state index is 12.8. The minimum atomic E-state index is -4.47. The topological polar surface area (TPSA) is 97.1 Å². The summed E-state index contributed by atoms with van der Waals surface area (Å²) in [5.41, 5.74) is -0.669. The first-order valence-corrected chi connectivity index (χ1v) is 8.37. The number of rotatable bonds is 9. The van der Waals surface area contributed by atoms with Gasteiger partial charge >= 0.3 is 12.1 Å². The highest BCUT2D eigenvalue weighted by Crippen LogP contribution is 2.30. The van der Waals surface area contributed by atoms with Crippen molar-refractivity contribution < 1.29 is 27.9 Å². The van der Waals surface area contributed by atoms with Gasteiger partial charge in [0.05, 0.1) is 17.4 Å². The van der Waals surface area contributed by atoms with Crippen LogP contribution in [0.5, 0.6) is 0 Å². The minimum Gasteiger partial charge on any atom is -0.481 e. The molecular weight excluding hydrogens is 365 g/mol. The molecule has 1 aromatic carbocycles. The number of halogens is 3. The Labute approximate surface area is 153 Å². The van der Waals surface area contributed by atoms with Crippen molar-refractivity contribution in [1.82, 2.24) is 20.3 Å². The third-order valence-electron chi connectivity index (χ3n) is 3.77. The molecule has 0 fully saturated rings. The summed E-state index contributed by atoms with van der Waals surface area (Å²) in [6, 6.07) is 4.56. The summed E-state index contributed by atoms with van der Waals surface area (Å²) in [7, 11) is 0. The maximum absolute atomic E-state index is 12.8. The van der Waals surface area contributed by atoms with Gasteiger partial charge in [0.2, 0.25) is 0 Å². The number of benzene rings is 1. The van der Waals surface area contributed by atoms with Crippen LogP contribution in [0.4, 0.5) is 13.2 Å². The van der Waals surface area contributed by atoms with Crippen molar-refractivity contribution in [2.75, 3.05) is 6.54 Å². The fraction of sp³-hybridized carbons (Fsp3) is 0.412. The Balaban J connectivity index is 1.85. The zero-order valence-corrected chi connectivity index (χ0v) is 14.4. The molecule has 0 saturated heterocycles. The van der Waals surface area contributed by atoms with Crippen molar-refractivity contribution in [1.29, 1.82) is 0 Å². The Kier molecular flexibility index (Phi) is 6.91. The third-order valence-corrected chi connectivity index (χ3v) is 3.77. The molecule has 0 saturated carbocycles. The SMILES string of the molecule is O=C(O)CCCCCCNC(=O)c1cn(-c2cccc(C(F)(F)F)c2)nn1. The average molecular weight is 384 g/mol. The Bertz CT molecular complexity index is 790. The van der Waals surface area contributed by atoms with E-state index in [1.807, 2.05) is 0 Å². The number of hydrogen-bond donors (Lipinski definition) is 2. The summed E-state index contributed by atoms with van der Waals surface area (Å²) in [6.45, 7) is 0.391. The molecule has 0 atom stereocenters. The zero-order chi connectivity index (χ0) is 19.9. The standard InChI is InChI=1S/C17H19F3N4O3/c18-17(19,20)12-6-5-7-13(10-12)24-11-14(22-23-24)16(27)21-9-4-2-1-3-8-15(25)26/h5-7,10-11H,1-4,8-9H2,(H,21,27)(H,25,26). The van der Waals surface area contributed by atoms with E-state index < -0.39 is 23.6 Å². The van der Waals surface area contributed by atoms with E-state index in [2.05, 4.69) is 15.6 Å². The second kappa shape index (κ2) is 9.15. The lowest BCUT2D eigenvalue weighted by molar-refractivity contribution is -0.138. The van der Waals surface area contributed by atoms with Crippen LogP contribution in [0.3, 0.4) is 0 Å². The van der Waals surface area contributed by atoms with Crippen molar-refractivity contribution in [3.05, 3.63) is 41.7 Å². The monoisotopic (exact) mass is 384 g/mol. The number of nitrogens with zero attached hydrogens (tertiary/aromatic N) is 3. The quantitative estimate of drug-likeness (QED) is 0.648. The number of aliphatic carboxylic acids is 1. The van der Waals surface area contributed by atoms with Gasteiger partial charge in [-0.05, 0) is 31.0 Å². The number of carboxylic acids is 1. The molecule has 7 nitrogen and oxygen atoms in total. The van der Waals surface area contributed by atoms with Gasteiger partial charge in [-0.3, -0.25) is 9.59 Å².